The van der Waals surface area contributed by atoms with E-state index >= 15 is 0 Å². The smallest absolute Gasteiger partial charge is 0.175 e. The van der Waals surface area contributed by atoms with Crippen molar-refractivity contribution < 1.29 is 38.0 Å². The lowest BCUT2D eigenvalue weighted by Gasteiger charge is -2.32. The zero-order valence-electron chi connectivity index (χ0n) is 57.9. The van der Waals surface area contributed by atoms with Gasteiger partial charge in [0.1, 0.15) is 28.7 Å². The summed E-state index contributed by atoms with van der Waals surface area (Å²) in [6.45, 7) is 13.5. The number of phenolic OH excluding ortho intramolecular Hbond substituents is 2. The maximum absolute atomic E-state index is 9.48. The Morgan fingerprint density at radius 2 is 0.708 bits per heavy atom. The van der Waals surface area contributed by atoms with Gasteiger partial charge in [0.25, 0.3) is 0 Å². The predicted molar refractivity (Wildman–Crippen MR) is 386 cm³/mol. The minimum atomic E-state index is 0. The van der Waals surface area contributed by atoms with Crippen LogP contribution in [0.1, 0.15) is 141 Å². The molecule has 6 fully saturated rings. The second kappa shape index (κ2) is 35.1. The highest BCUT2D eigenvalue weighted by Gasteiger charge is 2.29. The van der Waals surface area contributed by atoms with Crippen molar-refractivity contribution in [3.05, 3.63) is 130 Å². The number of nitrogens with zero attached hydrogens (tertiary/aromatic N) is 8. The summed E-state index contributed by atoms with van der Waals surface area (Å²) >= 11 is 0. The highest BCUT2D eigenvalue weighted by atomic mass is 35.5. The lowest BCUT2D eigenvalue weighted by molar-refractivity contribution is 0.172. The van der Waals surface area contributed by atoms with Gasteiger partial charge in [0.15, 0.2) is 16.7 Å². The molecule has 3 saturated heterocycles. The van der Waals surface area contributed by atoms with Crippen molar-refractivity contribution in [1.29, 1.82) is 0 Å². The minimum Gasteiger partial charge on any atom is -0.508 e. The van der Waals surface area contributed by atoms with E-state index in [1.807, 2.05) is 24.3 Å². The van der Waals surface area contributed by atoms with Crippen LogP contribution in [0, 0.1) is 35.5 Å². The number of benzene rings is 5. The van der Waals surface area contributed by atoms with Gasteiger partial charge in [-0.3, -0.25) is 9.80 Å². The molecule has 6 heterocycles. The second-order valence-corrected chi connectivity index (χ2v) is 29.2. The molecular formula is C77H107Cl2N9O8. The topological polar surface area (TPSA) is 174 Å². The maximum Gasteiger partial charge on any atom is 0.175 e. The van der Waals surface area contributed by atoms with Crippen LogP contribution in [0.3, 0.4) is 0 Å². The number of halogens is 2. The molecule has 0 atom stereocenters. The molecule has 8 aromatic rings. The second-order valence-electron chi connectivity index (χ2n) is 29.2. The number of fused-ring (bicyclic) bond motifs is 3. The fraction of sp³-hybridized carbons (Fsp3) is 0.571. The van der Waals surface area contributed by atoms with E-state index in [4.69, 9.17) is 27.8 Å². The highest BCUT2D eigenvalue weighted by molar-refractivity contribution is 5.87. The average molecular weight is 1360 g/mol. The molecule has 17 nitrogen and oxygen atoms in total. The predicted octanol–water partition coefficient (Wildman–Crippen LogP) is 14.9. The number of aromatic hydroxyl groups is 2. The van der Waals surface area contributed by atoms with Crippen LogP contribution in [0.5, 0.6) is 28.7 Å². The third kappa shape index (κ3) is 20.7. The average Bonchev–Trinajstić information content (AvgIpc) is 1.64. The lowest BCUT2D eigenvalue weighted by Crippen LogP contribution is -2.33. The Balaban J connectivity index is 0.000000157. The monoisotopic (exact) mass is 1360 g/mol. The molecule has 3 aliphatic carbocycles. The highest BCUT2D eigenvalue weighted by Crippen LogP contribution is 2.39. The Bertz CT molecular complexity index is 3480. The molecule has 0 bridgehead atoms. The van der Waals surface area contributed by atoms with E-state index in [1.54, 1.807) is 24.3 Å². The molecule has 0 unspecified atom stereocenters. The number of hydrogen-bond donors (Lipinski definition) is 3. The van der Waals surface area contributed by atoms with Crippen LogP contribution < -0.4 is 19.5 Å². The minimum absolute atomic E-state index is 0. The first-order chi connectivity index (χ1) is 45.8. The number of hydrogen-bond acceptors (Lipinski definition) is 17. The summed E-state index contributed by atoms with van der Waals surface area (Å²) in [5.74, 6) is 7.96. The number of phenols is 2. The van der Waals surface area contributed by atoms with Gasteiger partial charge in [-0.2, -0.15) is 0 Å². The van der Waals surface area contributed by atoms with Crippen molar-refractivity contribution in [2.75, 3.05) is 101 Å². The largest absolute Gasteiger partial charge is 0.508 e. The molecule has 522 valence electrons. The summed E-state index contributed by atoms with van der Waals surface area (Å²) < 4.78 is 36.0. The lowest BCUT2D eigenvalue weighted by atomic mass is 9.91. The van der Waals surface area contributed by atoms with Crippen LogP contribution in [0.15, 0.2) is 98.5 Å². The number of likely N-dealkylation sites (tertiary alicyclic amines) is 2. The standard InChI is InChI=1S/2C28H37N3O3.C21H31N3O2.2ClH/c2*1-30(2)18-25-27(33-19-22-3-4-22)12-10-24-26(29-34-28(24)25)11-7-20-13-15-31(16-14-20)17-21-5-8-23(32)9-6-21;1-24(2)13-18-20(25-14-16-3-4-16)8-6-17-19(23-26-21(17)18)7-5-15-9-11-22-12-10-15;;/h2*5-6,8-10,12,20,22,32H,3-4,7,11,13-19H2,1-2H3;6,8,15-16,22H,3-5,7,9-14H2,1-2H3;2*1H. The molecular weight excluding hydrogens is 1250 g/mol. The van der Waals surface area contributed by atoms with E-state index in [2.05, 4.69) is 124 Å². The van der Waals surface area contributed by atoms with Gasteiger partial charge in [-0.25, -0.2) is 0 Å². The van der Waals surface area contributed by atoms with Crippen molar-refractivity contribution in [2.24, 2.45) is 35.5 Å². The summed E-state index contributed by atoms with van der Waals surface area (Å²) in [7, 11) is 12.5. The van der Waals surface area contributed by atoms with E-state index in [-0.39, 0.29) is 24.8 Å². The molecule has 5 aromatic carbocycles. The third-order valence-corrected chi connectivity index (χ3v) is 20.2. The van der Waals surface area contributed by atoms with Crippen molar-refractivity contribution in [3.8, 4) is 28.7 Å². The number of nitrogens with one attached hydrogen (secondary N) is 1. The van der Waals surface area contributed by atoms with Crippen LogP contribution >= 0.6 is 24.8 Å². The van der Waals surface area contributed by atoms with Gasteiger partial charge in [-0.05, 0) is 304 Å². The number of rotatable bonds is 28. The Morgan fingerprint density at radius 3 is 1.00 bits per heavy atom. The summed E-state index contributed by atoms with van der Waals surface area (Å²) in [5.41, 5.74) is 11.8. The van der Waals surface area contributed by atoms with Crippen LogP contribution in [0.25, 0.3) is 32.9 Å². The summed E-state index contributed by atoms with van der Waals surface area (Å²) in [6.07, 6.45) is 21.6. The van der Waals surface area contributed by atoms with Crippen molar-refractivity contribution >= 4 is 57.7 Å². The fourth-order valence-electron chi connectivity index (χ4n) is 13.9. The number of ether oxygens (including phenoxy) is 3. The van der Waals surface area contributed by atoms with Gasteiger partial charge in [0.2, 0.25) is 0 Å². The molecule has 3 aliphatic heterocycles. The zero-order valence-corrected chi connectivity index (χ0v) is 59.5. The molecule has 3 aromatic heterocycles. The van der Waals surface area contributed by atoms with Gasteiger partial charge in [-0.1, -0.05) is 39.7 Å². The molecule has 0 spiro atoms. The van der Waals surface area contributed by atoms with Crippen LogP contribution in [0.4, 0.5) is 0 Å². The van der Waals surface area contributed by atoms with Gasteiger partial charge < -0.3 is 58.0 Å². The normalized spacial score (nSPS) is 17.6. The fourth-order valence-corrected chi connectivity index (χ4v) is 13.9. The van der Waals surface area contributed by atoms with E-state index in [9.17, 15) is 10.2 Å². The molecule has 19 heteroatoms. The molecule has 6 aliphatic rings. The van der Waals surface area contributed by atoms with E-state index in [0.29, 0.717) is 11.5 Å². The Morgan fingerprint density at radius 1 is 0.406 bits per heavy atom. The third-order valence-electron chi connectivity index (χ3n) is 20.2. The van der Waals surface area contributed by atoms with Crippen LogP contribution in [0.2, 0.25) is 0 Å². The maximum atomic E-state index is 9.48. The van der Waals surface area contributed by atoms with Crippen LogP contribution in [-0.2, 0) is 52.0 Å². The van der Waals surface area contributed by atoms with E-state index in [0.717, 1.165) is 243 Å². The van der Waals surface area contributed by atoms with E-state index in [1.165, 1.54) is 94.6 Å². The van der Waals surface area contributed by atoms with Crippen molar-refractivity contribution in [2.45, 2.75) is 148 Å². The summed E-state index contributed by atoms with van der Waals surface area (Å²) in [5, 5.41) is 39.3. The molecule has 0 amide bonds. The molecule has 3 N–H and O–H groups in total. The Kier molecular flexibility index (Phi) is 26.5. The first-order valence-electron chi connectivity index (χ1n) is 35.5. The van der Waals surface area contributed by atoms with Crippen molar-refractivity contribution in [3.63, 3.8) is 0 Å². The molecule has 14 rings (SSSR count). The first-order valence-corrected chi connectivity index (χ1v) is 35.5. The zero-order chi connectivity index (χ0) is 64.9. The quantitative estimate of drug-likeness (QED) is 0.0422. The summed E-state index contributed by atoms with van der Waals surface area (Å²) in [6, 6.07) is 28.0. The number of aryl methyl sites for hydroxylation is 3. The SMILES string of the molecule is CN(C)Cc1c(OCC2CC2)ccc2c(CCC3CCN(Cc4ccc(O)cc4)CC3)noc12.CN(C)Cc1c(OCC2CC2)ccc2c(CCC3CCN(Cc4ccc(O)cc4)CC3)noc12.CN(C)Cc1c(OCC2CC2)ccc2c(CCC3CCNCC3)noc12.Cl.Cl. The van der Waals surface area contributed by atoms with Gasteiger partial charge in [0, 0.05) is 48.9 Å². The Hall–Kier alpha value is -6.15. The van der Waals surface area contributed by atoms with Gasteiger partial charge in [-0.15, -0.1) is 24.8 Å². The van der Waals surface area contributed by atoms with Crippen molar-refractivity contribution in [1.82, 2.24) is 45.3 Å². The number of piperidine rings is 3. The molecule has 3 saturated carbocycles. The molecule has 96 heavy (non-hydrogen) atoms. The first kappa shape index (κ1) is 72.6. The summed E-state index contributed by atoms with van der Waals surface area (Å²) in [4.78, 5) is 11.5. The Labute approximate surface area is 581 Å². The van der Waals surface area contributed by atoms with Gasteiger partial charge >= 0.3 is 0 Å². The van der Waals surface area contributed by atoms with Crippen LogP contribution in [-0.4, -0.2) is 152 Å². The molecule has 0 radical (unpaired) electrons. The van der Waals surface area contributed by atoms with E-state index < -0.39 is 0 Å². The number of aromatic nitrogens is 3. The van der Waals surface area contributed by atoms with Gasteiger partial charge in [0.05, 0.1) is 53.6 Å².